The van der Waals surface area contributed by atoms with Crippen molar-refractivity contribution in [1.82, 2.24) is 24.1 Å². The summed E-state index contributed by atoms with van der Waals surface area (Å²) in [5, 5.41) is 18.9. The highest BCUT2D eigenvalue weighted by Crippen LogP contribution is 2.36. The zero-order valence-electron chi connectivity index (χ0n) is 16.6. The molecule has 0 amide bonds. The molecular weight excluding hydrogens is 388 g/mol. The van der Waals surface area contributed by atoms with E-state index >= 15 is 0 Å². The minimum atomic E-state index is -0.0353. The molecule has 0 atom stereocenters. The zero-order valence-corrected chi connectivity index (χ0v) is 16.6. The zero-order chi connectivity index (χ0) is 21.5. The van der Waals surface area contributed by atoms with Crippen molar-refractivity contribution in [3.8, 4) is 23.5 Å². The van der Waals surface area contributed by atoms with E-state index in [0.717, 1.165) is 16.6 Å². The molecule has 0 radical (unpaired) electrons. The minimum absolute atomic E-state index is 0.0293. The number of rotatable bonds is 3. The van der Waals surface area contributed by atoms with E-state index in [1.54, 1.807) is 0 Å². The minimum Gasteiger partial charge on any atom is -0.384 e. The SMILES string of the molecule is Cn1c(-c2c(N)n(Cc3ccccc3)c3nc(C#N)c(C#N)nc23)nc2ccccc21. The molecule has 5 aromatic rings. The van der Waals surface area contributed by atoms with Crippen LogP contribution >= 0.6 is 0 Å². The smallest absolute Gasteiger partial charge is 0.179 e. The predicted octanol–water partition coefficient (Wildman–Crippen LogP) is 3.36. The Morgan fingerprint density at radius 3 is 2.29 bits per heavy atom. The molecule has 8 nitrogen and oxygen atoms in total. The molecule has 2 N–H and O–H groups in total. The van der Waals surface area contributed by atoms with Crippen LogP contribution in [0.2, 0.25) is 0 Å². The van der Waals surface area contributed by atoms with Gasteiger partial charge in [0.2, 0.25) is 0 Å². The Bertz CT molecular complexity index is 1540. The summed E-state index contributed by atoms with van der Waals surface area (Å²) < 4.78 is 3.76. The van der Waals surface area contributed by atoms with Gasteiger partial charge in [0, 0.05) is 7.05 Å². The van der Waals surface area contributed by atoms with Crippen LogP contribution in [0.15, 0.2) is 54.6 Å². The lowest BCUT2D eigenvalue weighted by Gasteiger charge is -2.08. The van der Waals surface area contributed by atoms with Crippen LogP contribution in [0.4, 0.5) is 5.82 Å². The van der Waals surface area contributed by atoms with Crippen molar-refractivity contribution < 1.29 is 0 Å². The van der Waals surface area contributed by atoms with Crippen molar-refractivity contribution in [2.45, 2.75) is 6.54 Å². The summed E-state index contributed by atoms with van der Waals surface area (Å²) in [6, 6.07) is 21.5. The molecule has 3 aromatic heterocycles. The van der Waals surface area contributed by atoms with Gasteiger partial charge in [-0.2, -0.15) is 10.5 Å². The molecule has 0 aliphatic rings. The number of para-hydroxylation sites is 2. The third-order valence-corrected chi connectivity index (χ3v) is 5.32. The molecule has 0 spiro atoms. The van der Waals surface area contributed by atoms with E-state index < -0.39 is 0 Å². The van der Waals surface area contributed by atoms with Crippen LogP contribution in [0.5, 0.6) is 0 Å². The monoisotopic (exact) mass is 404 g/mol. The third-order valence-electron chi connectivity index (χ3n) is 5.32. The van der Waals surface area contributed by atoms with Gasteiger partial charge in [-0.15, -0.1) is 0 Å². The molecule has 0 aliphatic heterocycles. The fraction of sp³-hybridized carbons (Fsp3) is 0.0870. The first-order valence-electron chi connectivity index (χ1n) is 9.58. The second kappa shape index (κ2) is 6.97. The van der Waals surface area contributed by atoms with E-state index in [0.29, 0.717) is 34.9 Å². The summed E-state index contributed by atoms with van der Waals surface area (Å²) in [6.07, 6.45) is 0. The number of hydrogen-bond donors (Lipinski definition) is 1. The van der Waals surface area contributed by atoms with Crippen molar-refractivity contribution in [2.24, 2.45) is 7.05 Å². The summed E-state index contributed by atoms with van der Waals surface area (Å²) in [7, 11) is 1.91. The van der Waals surface area contributed by atoms with E-state index in [1.165, 1.54) is 0 Å². The average Bonchev–Trinajstić information content (AvgIpc) is 3.27. The van der Waals surface area contributed by atoms with E-state index in [1.807, 2.05) is 82.9 Å². The number of fused-ring (bicyclic) bond motifs is 2. The van der Waals surface area contributed by atoms with Gasteiger partial charge in [-0.25, -0.2) is 15.0 Å². The fourth-order valence-electron chi connectivity index (χ4n) is 3.82. The van der Waals surface area contributed by atoms with Crippen LogP contribution in [-0.4, -0.2) is 24.1 Å². The average molecular weight is 404 g/mol. The third kappa shape index (κ3) is 2.78. The number of aryl methyl sites for hydroxylation is 1. The molecular formula is C23H16N8. The Balaban J connectivity index is 1.86. The maximum absolute atomic E-state index is 9.49. The molecule has 0 saturated heterocycles. The van der Waals surface area contributed by atoms with Gasteiger partial charge in [0.05, 0.1) is 23.1 Å². The molecule has 0 unspecified atom stereocenters. The quantitative estimate of drug-likeness (QED) is 0.492. The normalized spacial score (nSPS) is 10.9. The number of nitrogen functional groups attached to an aromatic ring is 1. The maximum atomic E-state index is 9.49. The number of nitriles is 2. The molecule has 0 bridgehead atoms. The molecule has 5 rings (SSSR count). The van der Waals surface area contributed by atoms with Gasteiger partial charge in [0.25, 0.3) is 0 Å². The van der Waals surface area contributed by atoms with Crippen molar-refractivity contribution in [3.05, 3.63) is 71.5 Å². The van der Waals surface area contributed by atoms with Gasteiger partial charge in [0.1, 0.15) is 29.3 Å². The molecule has 0 fully saturated rings. The summed E-state index contributed by atoms with van der Waals surface area (Å²) in [5.74, 6) is 1.05. The highest BCUT2D eigenvalue weighted by atomic mass is 15.1. The number of aromatic nitrogens is 5. The largest absolute Gasteiger partial charge is 0.384 e. The predicted molar refractivity (Wildman–Crippen MR) is 117 cm³/mol. The van der Waals surface area contributed by atoms with Crippen LogP contribution in [0.25, 0.3) is 33.6 Å². The summed E-state index contributed by atoms with van der Waals surface area (Å²) in [6.45, 7) is 0.443. The van der Waals surface area contributed by atoms with E-state index in [4.69, 9.17) is 10.7 Å². The summed E-state index contributed by atoms with van der Waals surface area (Å²) in [5.41, 5.74) is 10.8. The second-order valence-corrected chi connectivity index (χ2v) is 7.13. The first-order chi connectivity index (χ1) is 15.1. The number of nitrogens with zero attached hydrogens (tertiary/aromatic N) is 7. The Morgan fingerprint density at radius 2 is 1.58 bits per heavy atom. The van der Waals surface area contributed by atoms with E-state index in [2.05, 4.69) is 9.97 Å². The lowest BCUT2D eigenvalue weighted by molar-refractivity contribution is 0.833. The van der Waals surface area contributed by atoms with Crippen molar-refractivity contribution in [3.63, 3.8) is 0 Å². The highest BCUT2D eigenvalue weighted by molar-refractivity contribution is 5.99. The van der Waals surface area contributed by atoms with E-state index in [-0.39, 0.29) is 11.4 Å². The summed E-state index contributed by atoms with van der Waals surface area (Å²) in [4.78, 5) is 13.7. The standard InChI is InChI=1S/C23H16N8/c1-30-18-10-6-5-9-15(18)28-22(30)19-20-23(29-17(12-25)16(11-24)27-20)31(21(19)26)13-14-7-3-2-4-8-14/h2-10H,13,26H2,1H3. The van der Waals surface area contributed by atoms with E-state index in [9.17, 15) is 10.5 Å². The van der Waals surface area contributed by atoms with Gasteiger partial charge in [-0.1, -0.05) is 42.5 Å². The van der Waals surface area contributed by atoms with Crippen LogP contribution in [0, 0.1) is 22.7 Å². The number of nitrogens with two attached hydrogens (primary N) is 1. The van der Waals surface area contributed by atoms with Crippen LogP contribution < -0.4 is 5.73 Å². The van der Waals surface area contributed by atoms with Crippen LogP contribution in [0.1, 0.15) is 17.0 Å². The van der Waals surface area contributed by atoms with Gasteiger partial charge in [0.15, 0.2) is 17.0 Å². The lowest BCUT2D eigenvalue weighted by atomic mass is 10.2. The molecule has 2 aromatic carbocycles. The van der Waals surface area contributed by atoms with Crippen molar-refractivity contribution in [2.75, 3.05) is 5.73 Å². The van der Waals surface area contributed by atoms with Crippen LogP contribution in [-0.2, 0) is 13.6 Å². The van der Waals surface area contributed by atoms with Crippen LogP contribution in [0.3, 0.4) is 0 Å². The molecule has 148 valence electrons. The Kier molecular flexibility index (Phi) is 4.13. The van der Waals surface area contributed by atoms with Crippen molar-refractivity contribution >= 4 is 28.0 Å². The maximum Gasteiger partial charge on any atom is 0.179 e. The van der Waals surface area contributed by atoms with Gasteiger partial charge in [-0.3, -0.25) is 0 Å². The van der Waals surface area contributed by atoms with Gasteiger partial charge < -0.3 is 14.9 Å². The highest BCUT2D eigenvalue weighted by Gasteiger charge is 2.25. The van der Waals surface area contributed by atoms with Crippen molar-refractivity contribution in [1.29, 1.82) is 10.5 Å². The number of benzene rings is 2. The number of anilines is 1. The fourth-order valence-corrected chi connectivity index (χ4v) is 3.82. The topological polar surface area (TPSA) is 122 Å². The first-order valence-corrected chi connectivity index (χ1v) is 9.58. The Hall–Kier alpha value is -4.69. The molecule has 0 saturated carbocycles. The Morgan fingerprint density at radius 1 is 0.903 bits per heavy atom. The number of hydrogen-bond acceptors (Lipinski definition) is 6. The second-order valence-electron chi connectivity index (χ2n) is 7.13. The van der Waals surface area contributed by atoms with Gasteiger partial charge >= 0.3 is 0 Å². The Labute approximate surface area is 177 Å². The molecule has 31 heavy (non-hydrogen) atoms. The first kappa shape index (κ1) is 18.3. The lowest BCUT2D eigenvalue weighted by Crippen LogP contribution is -2.06. The molecule has 8 heteroatoms. The number of imidazole rings is 1. The van der Waals surface area contributed by atoms with Gasteiger partial charge in [-0.05, 0) is 17.7 Å². The molecule has 0 aliphatic carbocycles. The summed E-state index contributed by atoms with van der Waals surface area (Å²) >= 11 is 0. The molecule has 3 heterocycles.